The molecule has 3 heteroatoms. The van der Waals surface area contributed by atoms with Gasteiger partial charge in [-0.15, -0.1) is 0 Å². The lowest BCUT2D eigenvalue weighted by molar-refractivity contribution is -0.151. The highest BCUT2D eigenvalue weighted by molar-refractivity contribution is 5.74. The second-order valence-corrected chi connectivity index (χ2v) is 6.09. The predicted octanol–water partition coefficient (Wildman–Crippen LogP) is 3.37. The number of rotatable bonds is 4. The minimum atomic E-state index is -0.684. The zero-order valence-electron chi connectivity index (χ0n) is 11.0. The Morgan fingerprint density at radius 1 is 1.41 bits per heavy atom. The van der Waals surface area contributed by atoms with Gasteiger partial charge in [0.05, 0.1) is 17.1 Å². The van der Waals surface area contributed by atoms with Crippen molar-refractivity contribution in [2.24, 2.45) is 5.41 Å². The molecule has 1 heterocycles. The van der Waals surface area contributed by atoms with Gasteiger partial charge in [-0.3, -0.25) is 4.79 Å². The van der Waals surface area contributed by atoms with Crippen molar-refractivity contribution in [3.63, 3.8) is 0 Å². The van der Waals surface area contributed by atoms with Crippen LogP contribution in [0.25, 0.3) is 0 Å². The van der Waals surface area contributed by atoms with Crippen LogP contribution < -0.4 is 0 Å². The molecular formula is C14H24O3. The number of carboxylic acid groups (broad SMARTS) is 1. The molecule has 2 rings (SSSR count). The molecule has 2 aliphatic rings. The van der Waals surface area contributed by atoms with Crippen molar-refractivity contribution >= 4 is 5.97 Å². The quantitative estimate of drug-likeness (QED) is 0.819. The Hall–Kier alpha value is -0.570. The molecule has 98 valence electrons. The molecule has 0 aromatic rings. The van der Waals surface area contributed by atoms with E-state index in [0.717, 1.165) is 12.8 Å². The van der Waals surface area contributed by atoms with Crippen molar-refractivity contribution in [2.75, 3.05) is 0 Å². The molecular weight excluding hydrogens is 216 g/mol. The Bertz CT molecular complexity index is 294. The first-order chi connectivity index (χ1) is 8.00. The summed E-state index contributed by atoms with van der Waals surface area (Å²) in [6.07, 6.45) is 8.59. The van der Waals surface area contributed by atoms with E-state index < -0.39 is 11.4 Å². The monoisotopic (exact) mass is 240 g/mol. The maximum atomic E-state index is 11.3. The average Bonchev–Trinajstić information content (AvgIpc) is 2.90. The third-order valence-electron chi connectivity index (χ3n) is 4.83. The molecule has 2 atom stereocenters. The van der Waals surface area contributed by atoms with Crippen LogP contribution in [0.5, 0.6) is 0 Å². The molecule has 1 N–H and O–H groups in total. The molecule has 1 saturated heterocycles. The minimum Gasteiger partial charge on any atom is -0.481 e. The van der Waals surface area contributed by atoms with Crippen LogP contribution in [-0.4, -0.2) is 22.8 Å². The summed E-state index contributed by atoms with van der Waals surface area (Å²) in [6, 6.07) is 0. The molecule has 0 aromatic carbocycles. The lowest BCUT2D eigenvalue weighted by Crippen LogP contribution is -2.33. The molecule has 1 spiro atoms. The van der Waals surface area contributed by atoms with Crippen LogP contribution in [0.15, 0.2) is 0 Å². The van der Waals surface area contributed by atoms with Gasteiger partial charge in [-0.25, -0.2) is 0 Å². The molecule has 1 saturated carbocycles. The second-order valence-electron chi connectivity index (χ2n) is 6.09. The molecule has 0 amide bonds. The number of ether oxygens (including phenoxy) is 1. The Kier molecular flexibility index (Phi) is 3.48. The summed E-state index contributed by atoms with van der Waals surface area (Å²) in [5.41, 5.74) is -0.493. The van der Waals surface area contributed by atoms with Gasteiger partial charge in [0.1, 0.15) is 0 Å². The van der Waals surface area contributed by atoms with Gasteiger partial charge in [0.2, 0.25) is 0 Å². The summed E-state index contributed by atoms with van der Waals surface area (Å²) in [5, 5.41) is 9.29. The smallest absolute Gasteiger partial charge is 0.309 e. The maximum absolute atomic E-state index is 11.3. The zero-order valence-corrected chi connectivity index (χ0v) is 11.0. The number of hydrogen-bond donors (Lipinski definition) is 1. The van der Waals surface area contributed by atoms with Gasteiger partial charge in [0, 0.05) is 0 Å². The molecule has 0 bridgehead atoms. The molecule has 0 aromatic heterocycles. The summed E-state index contributed by atoms with van der Waals surface area (Å²) in [7, 11) is 0. The van der Waals surface area contributed by atoms with Crippen molar-refractivity contribution in [2.45, 2.75) is 76.9 Å². The molecule has 0 radical (unpaired) electrons. The summed E-state index contributed by atoms with van der Waals surface area (Å²) >= 11 is 0. The van der Waals surface area contributed by atoms with Crippen LogP contribution >= 0.6 is 0 Å². The number of carbonyl (C=O) groups is 1. The molecule has 2 fully saturated rings. The van der Waals surface area contributed by atoms with Crippen LogP contribution in [0.3, 0.4) is 0 Å². The van der Waals surface area contributed by atoms with Crippen molar-refractivity contribution in [1.82, 2.24) is 0 Å². The first-order valence-corrected chi connectivity index (χ1v) is 6.91. The van der Waals surface area contributed by atoms with E-state index in [1.807, 2.05) is 13.8 Å². The average molecular weight is 240 g/mol. The summed E-state index contributed by atoms with van der Waals surface area (Å²) in [5.74, 6) is -0.684. The van der Waals surface area contributed by atoms with Gasteiger partial charge in [-0.1, -0.05) is 19.8 Å². The molecule has 2 unspecified atom stereocenters. The Morgan fingerprint density at radius 2 is 2.06 bits per heavy atom. The standard InChI is InChI=1S/C14H24O3/c1-3-13(2,12(15)16)10-11-6-9-14(17-11)7-4-5-8-14/h11H,3-10H2,1-2H3,(H,15,16). The maximum Gasteiger partial charge on any atom is 0.309 e. The first-order valence-electron chi connectivity index (χ1n) is 6.91. The fraction of sp³-hybridized carbons (Fsp3) is 0.929. The van der Waals surface area contributed by atoms with Crippen LogP contribution in [0.1, 0.15) is 65.2 Å². The summed E-state index contributed by atoms with van der Waals surface area (Å²) < 4.78 is 6.19. The molecule has 17 heavy (non-hydrogen) atoms. The van der Waals surface area contributed by atoms with Crippen LogP contribution in [0.2, 0.25) is 0 Å². The van der Waals surface area contributed by atoms with Gasteiger partial charge < -0.3 is 9.84 Å². The van der Waals surface area contributed by atoms with E-state index in [2.05, 4.69) is 0 Å². The van der Waals surface area contributed by atoms with Crippen molar-refractivity contribution in [3.8, 4) is 0 Å². The fourth-order valence-corrected chi connectivity index (χ4v) is 3.31. The van der Waals surface area contributed by atoms with E-state index in [1.165, 1.54) is 25.7 Å². The van der Waals surface area contributed by atoms with Gasteiger partial charge in [0.15, 0.2) is 0 Å². The van der Waals surface area contributed by atoms with Gasteiger partial charge in [0.25, 0.3) is 0 Å². The normalized spacial score (nSPS) is 30.6. The minimum absolute atomic E-state index is 0.123. The van der Waals surface area contributed by atoms with E-state index in [9.17, 15) is 9.90 Å². The topological polar surface area (TPSA) is 46.5 Å². The van der Waals surface area contributed by atoms with E-state index in [-0.39, 0.29) is 11.7 Å². The Balaban J connectivity index is 1.95. The van der Waals surface area contributed by atoms with Crippen LogP contribution in [0, 0.1) is 5.41 Å². The number of hydrogen-bond acceptors (Lipinski definition) is 2. The molecule has 1 aliphatic heterocycles. The Morgan fingerprint density at radius 3 is 2.59 bits per heavy atom. The zero-order chi connectivity index (χ0) is 12.5. The lowest BCUT2D eigenvalue weighted by Gasteiger charge is -2.29. The van der Waals surface area contributed by atoms with E-state index in [4.69, 9.17) is 4.74 Å². The SMILES string of the molecule is CCC(C)(CC1CCC2(CCCC2)O1)C(=O)O. The van der Waals surface area contributed by atoms with Crippen LogP contribution in [0.4, 0.5) is 0 Å². The second kappa shape index (κ2) is 4.60. The summed E-state index contributed by atoms with van der Waals surface area (Å²) in [4.78, 5) is 11.3. The summed E-state index contributed by atoms with van der Waals surface area (Å²) in [6.45, 7) is 3.80. The van der Waals surface area contributed by atoms with E-state index in [0.29, 0.717) is 12.8 Å². The highest BCUT2D eigenvalue weighted by atomic mass is 16.5. The van der Waals surface area contributed by atoms with Crippen LogP contribution in [-0.2, 0) is 9.53 Å². The van der Waals surface area contributed by atoms with Crippen molar-refractivity contribution in [3.05, 3.63) is 0 Å². The molecule has 1 aliphatic carbocycles. The number of carboxylic acids is 1. The van der Waals surface area contributed by atoms with E-state index in [1.54, 1.807) is 0 Å². The highest BCUT2D eigenvalue weighted by Crippen LogP contribution is 2.46. The molecule has 3 nitrogen and oxygen atoms in total. The van der Waals surface area contributed by atoms with Crippen molar-refractivity contribution < 1.29 is 14.6 Å². The Labute approximate surface area is 104 Å². The highest BCUT2D eigenvalue weighted by Gasteiger charge is 2.45. The third kappa shape index (κ3) is 2.49. The predicted molar refractivity (Wildman–Crippen MR) is 66.0 cm³/mol. The first kappa shape index (κ1) is 12.9. The largest absolute Gasteiger partial charge is 0.481 e. The fourth-order valence-electron chi connectivity index (χ4n) is 3.31. The van der Waals surface area contributed by atoms with E-state index >= 15 is 0 Å². The van der Waals surface area contributed by atoms with Gasteiger partial charge in [-0.2, -0.15) is 0 Å². The van der Waals surface area contributed by atoms with Gasteiger partial charge in [-0.05, 0) is 45.4 Å². The third-order valence-corrected chi connectivity index (χ3v) is 4.83. The van der Waals surface area contributed by atoms with Gasteiger partial charge >= 0.3 is 5.97 Å². The van der Waals surface area contributed by atoms with Crippen molar-refractivity contribution in [1.29, 1.82) is 0 Å². The lowest BCUT2D eigenvalue weighted by atomic mass is 9.81. The number of aliphatic carboxylic acids is 1.